The number of aromatic nitrogens is 2. The smallest absolute Gasteiger partial charge is 0.245 e. The molecule has 1 saturated heterocycles. The number of imidazole rings is 1. The normalized spacial score (nSPS) is 15.2. The number of hydrogen-bond acceptors (Lipinski definition) is 3. The second-order valence-electron chi connectivity index (χ2n) is 6.75. The van der Waals surface area contributed by atoms with Crippen molar-refractivity contribution in [3.05, 3.63) is 61.2 Å². The number of benzene rings is 2. The summed E-state index contributed by atoms with van der Waals surface area (Å²) in [6.07, 6.45) is 4.85. The van der Waals surface area contributed by atoms with Gasteiger partial charge in [0.25, 0.3) is 0 Å². The number of nitrogens with zero attached hydrogens (tertiary/aromatic N) is 3. The van der Waals surface area contributed by atoms with Gasteiger partial charge in [-0.15, -0.1) is 0 Å². The van der Waals surface area contributed by atoms with Crippen LogP contribution in [-0.4, -0.2) is 38.6 Å². The van der Waals surface area contributed by atoms with Crippen LogP contribution in [0.1, 0.15) is 18.9 Å². The van der Waals surface area contributed by atoms with Gasteiger partial charge in [-0.1, -0.05) is 18.7 Å². The molecule has 0 aliphatic carbocycles. The van der Waals surface area contributed by atoms with Gasteiger partial charge in [0.1, 0.15) is 11.6 Å². The van der Waals surface area contributed by atoms with Crippen molar-refractivity contribution in [2.24, 2.45) is 0 Å². The zero-order valence-electron chi connectivity index (χ0n) is 14.8. The van der Waals surface area contributed by atoms with Crippen LogP contribution in [0.4, 0.5) is 4.39 Å². The maximum absolute atomic E-state index is 14.1. The van der Waals surface area contributed by atoms with Crippen LogP contribution in [0.25, 0.3) is 22.2 Å². The van der Waals surface area contributed by atoms with E-state index in [1.807, 2.05) is 11.0 Å². The van der Waals surface area contributed by atoms with Crippen LogP contribution in [-0.2, 0) is 4.79 Å². The van der Waals surface area contributed by atoms with Gasteiger partial charge in [-0.3, -0.25) is 4.79 Å². The molecule has 2 aromatic carbocycles. The fraction of sp³-hybridized carbons (Fsp3) is 0.238. The van der Waals surface area contributed by atoms with Gasteiger partial charge in [-0.2, -0.15) is 0 Å². The summed E-state index contributed by atoms with van der Waals surface area (Å²) in [7, 11) is 0. The highest BCUT2D eigenvalue weighted by Gasteiger charge is 2.23. The number of aromatic hydroxyl groups is 1. The first-order valence-electron chi connectivity index (χ1n) is 8.94. The standard InChI is InChI=1S/C21H20FN3O2/c1-2-20(27)24-10-8-15(9-11-24)25-13-23-17-12-14(6-7-18(17)25)21-16(22)4-3-5-19(21)26/h2-7,12-13,15,26H,1,8-11H2. The summed E-state index contributed by atoms with van der Waals surface area (Å²) in [6, 6.07) is 10.0. The molecule has 1 fully saturated rings. The van der Waals surface area contributed by atoms with Crippen LogP contribution in [0.15, 0.2) is 55.4 Å². The van der Waals surface area contributed by atoms with Gasteiger partial charge in [-0.05, 0) is 48.7 Å². The number of halogens is 1. The lowest BCUT2D eigenvalue weighted by atomic mass is 10.0. The minimum absolute atomic E-state index is 0.0294. The highest BCUT2D eigenvalue weighted by molar-refractivity contribution is 5.87. The quantitative estimate of drug-likeness (QED) is 0.716. The largest absolute Gasteiger partial charge is 0.507 e. The van der Waals surface area contributed by atoms with E-state index >= 15 is 0 Å². The number of carbonyl (C=O) groups excluding carboxylic acids is 1. The number of phenols is 1. The highest BCUT2D eigenvalue weighted by atomic mass is 19.1. The summed E-state index contributed by atoms with van der Waals surface area (Å²) in [4.78, 5) is 18.0. The third-order valence-corrected chi connectivity index (χ3v) is 5.20. The van der Waals surface area contributed by atoms with Crippen molar-refractivity contribution in [2.75, 3.05) is 13.1 Å². The Balaban J connectivity index is 1.62. The molecule has 1 N–H and O–H groups in total. The molecule has 0 atom stereocenters. The summed E-state index contributed by atoms with van der Waals surface area (Å²) in [5, 5.41) is 10.0. The first-order chi connectivity index (χ1) is 13.1. The van der Waals surface area contributed by atoms with Crippen molar-refractivity contribution in [3.63, 3.8) is 0 Å². The maximum atomic E-state index is 14.1. The van der Waals surface area contributed by atoms with Crippen LogP contribution >= 0.6 is 0 Å². The predicted octanol–water partition coefficient (Wildman–Crippen LogP) is 3.90. The molecule has 4 rings (SSSR count). The first-order valence-corrected chi connectivity index (χ1v) is 8.94. The number of likely N-dealkylation sites (tertiary alicyclic amines) is 1. The van der Waals surface area contributed by atoms with Gasteiger partial charge >= 0.3 is 0 Å². The molecular weight excluding hydrogens is 345 g/mol. The van der Waals surface area contributed by atoms with Crippen molar-refractivity contribution in [1.29, 1.82) is 0 Å². The van der Waals surface area contributed by atoms with Crippen molar-refractivity contribution in [3.8, 4) is 16.9 Å². The Morgan fingerprint density at radius 1 is 1.26 bits per heavy atom. The second kappa shape index (κ2) is 6.87. The van der Waals surface area contributed by atoms with Gasteiger partial charge < -0.3 is 14.6 Å². The van der Waals surface area contributed by atoms with Crippen LogP contribution in [0.2, 0.25) is 0 Å². The molecule has 0 unspecified atom stereocenters. The molecule has 0 radical (unpaired) electrons. The van der Waals surface area contributed by atoms with Crippen molar-refractivity contribution in [2.45, 2.75) is 18.9 Å². The minimum atomic E-state index is -0.465. The highest BCUT2D eigenvalue weighted by Crippen LogP contribution is 2.34. The monoisotopic (exact) mass is 365 g/mol. The first kappa shape index (κ1) is 17.3. The summed E-state index contributed by atoms with van der Waals surface area (Å²) in [5.41, 5.74) is 2.49. The fourth-order valence-electron chi connectivity index (χ4n) is 3.77. The Morgan fingerprint density at radius 3 is 2.74 bits per heavy atom. The summed E-state index contributed by atoms with van der Waals surface area (Å²) >= 11 is 0. The third-order valence-electron chi connectivity index (χ3n) is 5.20. The van der Waals surface area contributed by atoms with E-state index in [4.69, 9.17) is 0 Å². The van der Waals surface area contributed by atoms with Gasteiger partial charge in [-0.25, -0.2) is 9.37 Å². The number of piperidine rings is 1. The molecule has 3 aromatic rings. The topological polar surface area (TPSA) is 58.4 Å². The lowest BCUT2D eigenvalue weighted by Gasteiger charge is -2.32. The van der Waals surface area contributed by atoms with Gasteiger partial charge in [0, 0.05) is 19.1 Å². The number of phenolic OH excluding ortho intramolecular Hbond substituents is 1. The minimum Gasteiger partial charge on any atom is -0.507 e. The van der Waals surface area contributed by atoms with Gasteiger partial charge in [0.15, 0.2) is 0 Å². The molecule has 1 aromatic heterocycles. The van der Waals surface area contributed by atoms with Gasteiger partial charge in [0.05, 0.1) is 22.9 Å². The van der Waals surface area contributed by atoms with Crippen molar-refractivity contribution in [1.82, 2.24) is 14.5 Å². The average molecular weight is 365 g/mol. The average Bonchev–Trinajstić information content (AvgIpc) is 3.11. The van der Waals surface area contributed by atoms with Crippen molar-refractivity contribution >= 4 is 16.9 Å². The molecule has 0 spiro atoms. The van der Waals surface area contributed by atoms with Crippen LogP contribution in [0.3, 0.4) is 0 Å². The van der Waals surface area contributed by atoms with E-state index in [1.165, 1.54) is 24.3 Å². The SMILES string of the molecule is C=CC(=O)N1CCC(n2cnc3cc(-c4c(O)cccc4F)ccc32)CC1. The van der Waals surface area contributed by atoms with E-state index in [9.17, 15) is 14.3 Å². The number of amides is 1. The number of carbonyl (C=O) groups is 1. The predicted molar refractivity (Wildman–Crippen MR) is 102 cm³/mol. The molecule has 1 aliphatic rings. The van der Waals surface area contributed by atoms with Crippen LogP contribution in [0.5, 0.6) is 5.75 Å². The van der Waals surface area contributed by atoms with Crippen LogP contribution in [0, 0.1) is 5.82 Å². The molecule has 2 heterocycles. The lowest BCUT2D eigenvalue weighted by Crippen LogP contribution is -2.37. The fourth-order valence-corrected chi connectivity index (χ4v) is 3.77. The summed E-state index contributed by atoms with van der Waals surface area (Å²) in [5.74, 6) is -0.584. The van der Waals surface area contributed by atoms with Gasteiger partial charge in [0.2, 0.25) is 5.91 Å². The number of hydrogen-bond donors (Lipinski definition) is 1. The van der Waals surface area contributed by atoms with E-state index in [0.29, 0.717) is 18.7 Å². The Kier molecular flexibility index (Phi) is 4.39. The molecule has 1 aliphatic heterocycles. The second-order valence-corrected chi connectivity index (χ2v) is 6.75. The van der Waals surface area contributed by atoms with Crippen molar-refractivity contribution < 1.29 is 14.3 Å². The zero-order valence-corrected chi connectivity index (χ0v) is 14.8. The molecule has 27 heavy (non-hydrogen) atoms. The van der Waals surface area contributed by atoms with E-state index in [-0.39, 0.29) is 23.3 Å². The van der Waals surface area contributed by atoms with E-state index in [0.717, 1.165) is 23.9 Å². The Hall–Kier alpha value is -3.15. The molecule has 1 amide bonds. The van der Waals surface area contributed by atoms with E-state index < -0.39 is 5.82 Å². The van der Waals surface area contributed by atoms with Crippen LogP contribution < -0.4 is 0 Å². The number of fused-ring (bicyclic) bond motifs is 1. The molecule has 5 nitrogen and oxygen atoms in total. The Morgan fingerprint density at radius 2 is 2.04 bits per heavy atom. The molecule has 0 saturated carbocycles. The third kappa shape index (κ3) is 3.07. The lowest BCUT2D eigenvalue weighted by molar-refractivity contribution is -0.127. The van der Waals surface area contributed by atoms with E-state index in [2.05, 4.69) is 16.1 Å². The molecular formula is C21H20FN3O2. The summed E-state index contributed by atoms with van der Waals surface area (Å²) in [6.45, 7) is 4.92. The molecule has 6 heteroatoms. The summed E-state index contributed by atoms with van der Waals surface area (Å²) < 4.78 is 16.3. The maximum Gasteiger partial charge on any atom is 0.245 e. The Labute approximate surface area is 156 Å². The zero-order chi connectivity index (χ0) is 19.0. The van der Waals surface area contributed by atoms with E-state index in [1.54, 1.807) is 18.5 Å². The molecule has 0 bridgehead atoms. The molecule has 138 valence electrons. The number of rotatable bonds is 3. The Bertz CT molecular complexity index is 999.